The first-order valence-corrected chi connectivity index (χ1v) is 9.21. The molecule has 4 heteroatoms. The van der Waals surface area contributed by atoms with E-state index in [-0.39, 0.29) is 6.04 Å². The number of benzene rings is 2. The molecule has 4 heterocycles. The summed E-state index contributed by atoms with van der Waals surface area (Å²) in [4.78, 5) is 2.60. The number of hydrogen-bond acceptors (Lipinski definition) is 4. The summed E-state index contributed by atoms with van der Waals surface area (Å²) in [6.07, 6.45) is 2.47. The molecule has 0 amide bonds. The number of rotatable bonds is 3. The van der Waals surface area contributed by atoms with Crippen LogP contribution < -0.4 is 0 Å². The maximum absolute atomic E-state index is 10.0. The van der Waals surface area contributed by atoms with Crippen LogP contribution in [-0.2, 0) is 6.54 Å². The third-order valence-electron chi connectivity index (χ3n) is 5.91. The van der Waals surface area contributed by atoms with Crippen molar-refractivity contribution in [3.8, 4) is 5.75 Å². The topological polar surface area (TPSA) is 39.1 Å². The molecular formula is C21H23N3O. The van der Waals surface area contributed by atoms with Gasteiger partial charge in [-0.05, 0) is 49.2 Å². The van der Waals surface area contributed by atoms with Gasteiger partial charge < -0.3 is 5.11 Å². The zero-order valence-corrected chi connectivity index (χ0v) is 14.3. The van der Waals surface area contributed by atoms with Gasteiger partial charge in [-0.2, -0.15) is 5.10 Å². The van der Waals surface area contributed by atoms with Crippen LogP contribution in [0.2, 0.25) is 0 Å². The van der Waals surface area contributed by atoms with E-state index in [0.29, 0.717) is 17.7 Å². The first-order chi connectivity index (χ1) is 12.3. The fourth-order valence-electron chi connectivity index (χ4n) is 4.75. The number of nitrogens with zero attached hydrogens (tertiary/aromatic N) is 3. The van der Waals surface area contributed by atoms with Gasteiger partial charge in [-0.15, -0.1) is 0 Å². The predicted molar refractivity (Wildman–Crippen MR) is 98.4 cm³/mol. The number of phenolic OH excluding ortho intramolecular Hbond substituents is 1. The monoisotopic (exact) mass is 333 g/mol. The molecule has 6 rings (SSSR count). The van der Waals surface area contributed by atoms with Crippen molar-refractivity contribution in [2.45, 2.75) is 31.5 Å². The Morgan fingerprint density at radius 2 is 1.76 bits per heavy atom. The Hall–Kier alpha value is -2.33. The maximum Gasteiger partial charge on any atom is 0.115 e. The minimum absolute atomic E-state index is 0.186. The van der Waals surface area contributed by atoms with Gasteiger partial charge in [0.1, 0.15) is 5.75 Å². The number of hydrogen-bond donors (Lipinski definition) is 1. The normalized spacial score (nSPS) is 30.2. The Morgan fingerprint density at radius 3 is 2.52 bits per heavy atom. The first-order valence-electron chi connectivity index (χ1n) is 9.21. The average molecular weight is 333 g/mol. The Morgan fingerprint density at radius 1 is 0.960 bits per heavy atom. The Labute approximate surface area is 148 Å². The second-order valence-electron chi connectivity index (χ2n) is 7.40. The summed E-state index contributed by atoms with van der Waals surface area (Å²) in [7, 11) is 0. The van der Waals surface area contributed by atoms with E-state index in [1.165, 1.54) is 37.2 Å². The van der Waals surface area contributed by atoms with Crippen LogP contribution in [0.1, 0.15) is 30.0 Å². The molecule has 3 saturated heterocycles. The largest absolute Gasteiger partial charge is 0.508 e. The van der Waals surface area contributed by atoms with Gasteiger partial charge in [0.2, 0.25) is 0 Å². The van der Waals surface area contributed by atoms with Gasteiger partial charge in [0.05, 0.1) is 24.3 Å². The van der Waals surface area contributed by atoms with Gasteiger partial charge in [0.25, 0.3) is 0 Å². The van der Waals surface area contributed by atoms with Crippen LogP contribution in [0.25, 0.3) is 0 Å². The SMILES string of the molecule is Oc1cccc(C2C3C(=NN2Cc2ccccc2)C2CCN3CC2)c1. The van der Waals surface area contributed by atoms with Crippen LogP contribution in [-0.4, -0.2) is 39.9 Å². The maximum atomic E-state index is 10.0. The number of aromatic hydroxyl groups is 1. The minimum Gasteiger partial charge on any atom is -0.508 e. The van der Waals surface area contributed by atoms with Crippen molar-refractivity contribution in [2.75, 3.05) is 13.1 Å². The molecular weight excluding hydrogens is 310 g/mol. The third-order valence-corrected chi connectivity index (χ3v) is 5.91. The van der Waals surface area contributed by atoms with Crippen molar-refractivity contribution in [1.29, 1.82) is 0 Å². The van der Waals surface area contributed by atoms with E-state index in [0.717, 1.165) is 12.1 Å². The number of fused-ring (bicyclic) bond motifs is 2. The van der Waals surface area contributed by atoms with Crippen molar-refractivity contribution in [3.05, 3.63) is 65.7 Å². The molecule has 2 aromatic rings. The van der Waals surface area contributed by atoms with E-state index in [4.69, 9.17) is 5.10 Å². The highest BCUT2D eigenvalue weighted by Crippen LogP contribution is 2.44. The third kappa shape index (κ3) is 2.52. The molecule has 2 bridgehead atoms. The molecule has 0 radical (unpaired) electrons. The van der Waals surface area contributed by atoms with Crippen LogP contribution in [0.5, 0.6) is 5.75 Å². The highest BCUT2D eigenvalue weighted by atomic mass is 16.3. The fourth-order valence-corrected chi connectivity index (χ4v) is 4.75. The lowest BCUT2D eigenvalue weighted by molar-refractivity contribution is 0.0937. The van der Waals surface area contributed by atoms with Crippen LogP contribution in [0.15, 0.2) is 59.7 Å². The molecule has 25 heavy (non-hydrogen) atoms. The van der Waals surface area contributed by atoms with Crippen LogP contribution in [0.4, 0.5) is 0 Å². The zero-order chi connectivity index (χ0) is 16.8. The molecule has 2 unspecified atom stereocenters. The van der Waals surface area contributed by atoms with E-state index in [1.54, 1.807) is 6.07 Å². The molecule has 4 nitrogen and oxygen atoms in total. The molecule has 2 atom stereocenters. The predicted octanol–water partition coefficient (Wildman–Crippen LogP) is 3.40. The average Bonchev–Trinajstić information content (AvgIpc) is 3.04. The fraction of sp³-hybridized carbons (Fsp3) is 0.381. The molecule has 4 aliphatic rings. The van der Waals surface area contributed by atoms with E-state index in [9.17, 15) is 5.11 Å². The van der Waals surface area contributed by atoms with E-state index >= 15 is 0 Å². The summed E-state index contributed by atoms with van der Waals surface area (Å²) in [6.45, 7) is 3.15. The Kier molecular flexibility index (Phi) is 3.52. The number of hydrazone groups is 1. The summed E-state index contributed by atoms with van der Waals surface area (Å²) in [5.41, 5.74) is 3.80. The van der Waals surface area contributed by atoms with E-state index in [1.807, 2.05) is 12.1 Å². The van der Waals surface area contributed by atoms with E-state index in [2.05, 4.69) is 46.3 Å². The summed E-state index contributed by atoms with van der Waals surface area (Å²) in [6, 6.07) is 18.8. The lowest BCUT2D eigenvalue weighted by atomic mass is 9.78. The van der Waals surface area contributed by atoms with Crippen molar-refractivity contribution >= 4 is 5.71 Å². The molecule has 4 aliphatic heterocycles. The summed E-state index contributed by atoms with van der Waals surface area (Å²) in [5.74, 6) is 0.970. The number of phenols is 1. The summed E-state index contributed by atoms with van der Waals surface area (Å²) in [5, 5.41) is 17.4. The second kappa shape index (κ2) is 5.88. The number of piperidine rings is 3. The first kappa shape index (κ1) is 15.0. The van der Waals surface area contributed by atoms with Gasteiger partial charge in [-0.25, -0.2) is 0 Å². The molecule has 128 valence electrons. The van der Waals surface area contributed by atoms with Crippen molar-refractivity contribution in [1.82, 2.24) is 9.91 Å². The van der Waals surface area contributed by atoms with Gasteiger partial charge >= 0.3 is 0 Å². The van der Waals surface area contributed by atoms with Gasteiger partial charge in [0, 0.05) is 5.92 Å². The minimum atomic E-state index is 0.186. The Bertz CT molecular complexity index is 796. The second-order valence-corrected chi connectivity index (χ2v) is 7.40. The van der Waals surface area contributed by atoms with Gasteiger partial charge in [-0.3, -0.25) is 9.91 Å². The zero-order valence-electron chi connectivity index (χ0n) is 14.3. The molecule has 0 aliphatic carbocycles. The lowest BCUT2D eigenvalue weighted by Gasteiger charge is -2.46. The highest BCUT2D eigenvalue weighted by Gasteiger charge is 2.49. The van der Waals surface area contributed by atoms with Crippen LogP contribution >= 0.6 is 0 Å². The van der Waals surface area contributed by atoms with Crippen molar-refractivity contribution in [2.24, 2.45) is 11.0 Å². The molecule has 0 saturated carbocycles. The standard InChI is InChI=1S/C21H23N3O/c25-18-8-4-7-17(13-18)20-21-19(16-9-11-23(21)12-10-16)22-24(20)14-15-5-2-1-3-6-15/h1-8,13,16,20-21,25H,9-12,14H2. The van der Waals surface area contributed by atoms with Crippen LogP contribution in [0, 0.1) is 5.92 Å². The summed E-state index contributed by atoms with van der Waals surface area (Å²) >= 11 is 0. The molecule has 1 N–H and O–H groups in total. The van der Waals surface area contributed by atoms with Crippen LogP contribution in [0.3, 0.4) is 0 Å². The summed E-state index contributed by atoms with van der Waals surface area (Å²) < 4.78 is 0. The van der Waals surface area contributed by atoms with Crippen molar-refractivity contribution < 1.29 is 5.11 Å². The smallest absolute Gasteiger partial charge is 0.115 e. The Balaban J connectivity index is 1.55. The molecule has 0 spiro atoms. The van der Waals surface area contributed by atoms with E-state index < -0.39 is 0 Å². The molecule has 3 fully saturated rings. The lowest BCUT2D eigenvalue weighted by Crippen LogP contribution is -2.56. The molecule has 2 aromatic carbocycles. The van der Waals surface area contributed by atoms with Crippen molar-refractivity contribution in [3.63, 3.8) is 0 Å². The van der Waals surface area contributed by atoms with Gasteiger partial charge in [0.15, 0.2) is 0 Å². The highest BCUT2D eigenvalue weighted by molar-refractivity contribution is 5.95. The quantitative estimate of drug-likeness (QED) is 0.936. The molecule has 0 aromatic heterocycles. The van der Waals surface area contributed by atoms with Gasteiger partial charge in [-0.1, -0.05) is 42.5 Å².